The van der Waals surface area contributed by atoms with Gasteiger partial charge in [-0.15, -0.1) is 0 Å². The fourth-order valence-corrected chi connectivity index (χ4v) is 7.04. The molecule has 0 atom stereocenters. The van der Waals surface area contributed by atoms with Gasteiger partial charge in [-0.25, -0.2) is 9.59 Å². The molecule has 372 valence electrons. The molecule has 0 spiro atoms. The van der Waals surface area contributed by atoms with Crippen molar-refractivity contribution in [1.82, 2.24) is 30.4 Å². The van der Waals surface area contributed by atoms with Crippen molar-refractivity contribution in [2.45, 2.75) is 64.2 Å². The molecule has 0 fully saturated rings. The highest BCUT2D eigenvalue weighted by molar-refractivity contribution is 5.81. The molecule has 18 heteroatoms. The van der Waals surface area contributed by atoms with Crippen LogP contribution in [0, 0.1) is 0 Å². The molecule has 7 rings (SSSR count). The first kappa shape index (κ1) is 51.2. The molecule has 3 aromatic heterocycles. The maximum atomic E-state index is 11.6. The largest absolute Gasteiger partial charge is 0.494 e. The number of carbonyl (C=O) groups excluding carboxylic acids is 3. The van der Waals surface area contributed by atoms with Gasteiger partial charge in [0.1, 0.15) is 17.2 Å². The zero-order chi connectivity index (χ0) is 50.3. The number of carbonyl (C=O) groups is 3. The Balaban J connectivity index is 1.08. The molecule has 0 saturated heterocycles. The maximum absolute atomic E-state index is 11.6. The van der Waals surface area contributed by atoms with Gasteiger partial charge in [-0.3, -0.25) is 4.79 Å². The standard InChI is InChI=1S/C54H54N6O12/c1-4-46(61)68-29-14-8-12-27-66-44-23-17-20-38(35-44)50-56-53(71-59-50)41-31-40(52-55-49(58-70-52)37-19-16-22-43(34-37)65-26-11-7-10-25-48(63)64-6-3)32-42(33-41)54-57-51(60-72-54)39-21-18-24-45(36-39)67-28-13-9-15-30-69-47(62)5-2/h4-6,16-24,31-36H,1-3,7-15,25-30H2. The van der Waals surface area contributed by atoms with Gasteiger partial charge in [-0.05, 0) is 112 Å². The van der Waals surface area contributed by atoms with E-state index >= 15 is 0 Å². The Hall–Kier alpha value is -8.67. The Morgan fingerprint density at radius 2 is 0.806 bits per heavy atom. The minimum Gasteiger partial charge on any atom is -0.494 e. The molecular formula is C54H54N6O12. The summed E-state index contributed by atoms with van der Waals surface area (Å²) in [5.41, 5.74) is 3.54. The summed E-state index contributed by atoms with van der Waals surface area (Å²) in [4.78, 5) is 48.4. The number of unbranched alkanes of at least 4 members (excludes halogenated alkanes) is 6. The molecule has 18 nitrogen and oxygen atoms in total. The van der Waals surface area contributed by atoms with E-state index in [9.17, 15) is 14.4 Å². The molecule has 0 amide bonds. The normalized spacial score (nSPS) is 10.8. The monoisotopic (exact) mass is 978 g/mol. The third-order valence-corrected chi connectivity index (χ3v) is 10.7. The van der Waals surface area contributed by atoms with Crippen molar-refractivity contribution in [1.29, 1.82) is 0 Å². The van der Waals surface area contributed by atoms with Crippen molar-refractivity contribution in [3.05, 3.63) is 129 Å². The summed E-state index contributed by atoms with van der Waals surface area (Å²) in [6.45, 7) is 12.3. The molecule has 3 heterocycles. The highest BCUT2D eigenvalue weighted by Gasteiger charge is 2.21. The highest BCUT2D eigenvalue weighted by atomic mass is 16.5. The molecule has 72 heavy (non-hydrogen) atoms. The number of hydrogen-bond donors (Lipinski definition) is 0. The Kier molecular flexibility index (Phi) is 19.1. The van der Waals surface area contributed by atoms with Crippen molar-refractivity contribution < 1.29 is 56.4 Å². The Labute approximate surface area is 415 Å². The van der Waals surface area contributed by atoms with Crippen molar-refractivity contribution in [3.8, 4) is 85.8 Å². The van der Waals surface area contributed by atoms with Gasteiger partial charge >= 0.3 is 17.9 Å². The third kappa shape index (κ3) is 15.4. The summed E-state index contributed by atoms with van der Waals surface area (Å²) in [6, 6.07) is 27.5. The predicted molar refractivity (Wildman–Crippen MR) is 264 cm³/mol. The lowest BCUT2D eigenvalue weighted by molar-refractivity contribution is -0.138. The van der Waals surface area contributed by atoms with Crippen LogP contribution < -0.4 is 14.2 Å². The van der Waals surface area contributed by atoms with E-state index in [0.29, 0.717) is 114 Å². The lowest BCUT2D eigenvalue weighted by atomic mass is 10.0. The second kappa shape index (κ2) is 26.9. The van der Waals surface area contributed by atoms with Crippen LogP contribution in [0.4, 0.5) is 0 Å². The second-order valence-corrected chi connectivity index (χ2v) is 16.0. The van der Waals surface area contributed by atoms with Crippen LogP contribution in [0.1, 0.15) is 64.2 Å². The van der Waals surface area contributed by atoms with Crippen LogP contribution >= 0.6 is 0 Å². The average molecular weight is 979 g/mol. The minimum atomic E-state index is -0.433. The summed E-state index contributed by atoms with van der Waals surface area (Å²) in [5, 5.41) is 12.9. The van der Waals surface area contributed by atoms with Crippen LogP contribution in [0.2, 0.25) is 0 Å². The second-order valence-electron chi connectivity index (χ2n) is 16.0. The zero-order valence-corrected chi connectivity index (χ0v) is 39.7. The van der Waals surface area contributed by atoms with E-state index in [0.717, 1.165) is 69.8 Å². The molecule has 0 saturated carbocycles. The smallest absolute Gasteiger partial charge is 0.330 e. The van der Waals surface area contributed by atoms with Gasteiger partial charge in [0.25, 0.3) is 17.7 Å². The van der Waals surface area contributed by atoms with Crippen LogP contribution in [0.5, 0.6) is 17.2 Å². The lowest BCUT2D eigenvalue weighted by Gasteiger charge is -2.07. The van der Waals surface area contributed by atoms with Gasteiger partial charge < -0.3 is 42.0 Å². The van der Waals surface area contributed by atoms with Gasteiger partial charge in [-0.2, -0.15) is 15.0 Å². The highest BCUT2D eigenvalue weighted by Crippen LogP contribution is 2.35. The number of benzene rings is 4. The number of ether oxygens (including phenoxy) is 6. The van der Waals surface area contributed by atoms with Crippen molar-refractivity contribution in [3.63, 3.8) is 0 Å². The van der Waals surface area contributed by atoms with Gasteiger partial charge in [0, 0.05) is 52.0 Å². The van der Waals surface area contributed by atoms with Crippen LogP contribution in [0.3, 0.4) is 0 Å². The molecule has 7 aromatic rings. The number of esters is 3. The number of nitrogens with zero attached hydrogens (tertiary/aromatic N) is 6. The van der Waals surface area contributed by atoms with E-state index in [4.69, 9.17) is 56.9 Å². The van der Waals surface area contributed by atoms with Crippen molar-refractivity contribution in [2.75, 3.05) is 33.0 Å². The molecule has 0 radical (unpaired) electrons. The van der Waals surface area contributed by atoms with Crippen LogP contribution in [-0.2, 0) is 28.6 Å². The fourth-order valence-electron chi connectivity index (χ4n) is 7.04. The van der Waals surface area contributed by atoms with Gasteiger partial charge in [0.05, 0.1) is 39.3 Å². The molecular weight excluding hydrogens is 925 g/mol. The van der Waals surface area contributed by atoms with E-state index in [2.05, 4.69) is 35.2 Å². The average Bonchev–Trinajstić information content (AvgIpc) is 4.23. The molecule has 0 bridgehead atoms. The Morgan fingerprint density at radius 1 is 0.444 bits per heavy atom. The van der Waals surface area contributed by atoms with E-state index < -0.39 is 11.9 Å². The Morgan fingerprint density at radius 3 is 1.17 bits per heavy atom. The number of hydrogen-bond acceptors (Lipinski definition) is 18. The first-order chi connectivity index (χ1) is 35.3. The van der Waals surface area contributed by atoms with Crippen LogP contribution in [0.25, 0.3) is 68.5 Å². The number of aromatic nitrogens is 6. The molecule has 0 aliphatic heterocycles. The minimum absolute atomic E-state index is 0.194. The lowest BCUT2D eigenvalue weighted by Crippen LogP contribution is -2.03. The van der Waals surface area contributed by atoms with Gasteiger partial charge in [0.2, 0.25) is 17.5 Å². The van der Waals surface area contributed by atoms with Gasteiger partial charge in [-0.1, -0.05) is 71.6 Å². The first-order valence-electron chi connectivity index (χ1n) is 23.5. The fraction of sp³-hybridized carbons (Fsp3) is 0.278. The summed E-state index contributed by atoms with van der Waals surface area (Å²) >= 11 is 0. The van der Waals surface area contributed by atoms with E-state index in [1.54, 1.807) is 18.2 Å². The first-order valence-corrected chi connectivity index (χ1v) is 23.5. The predicted octanol–water partition coefficient (Wildman–Crippen LogP) is 11.0. The maximum Gasteiger partial charge on any atom is 0.330 e. The third-order valence-electron chi connectivity index (χ3n) is 10.7. The van der Waals surface area contributed by atoms with Gasteiger partial charge in [0.15, 0.2) is 0 Å². The summed E-state index contributed by atoms with van der Waals surface area (Å²) < 4.78 is 50.4. The SMILES string of the molecule is C=COC(=O)CCCCCOc1cccc(-c2noc(-c3cc(-c4nc(-c5cccc(OCCCCCOC(=O)C=C)c5)no4)cc(-c4nc(-c5cccc(OCCCCCOC(=O)C=C)c5)no4)c3)n2)c1. The van der Waals surface area contributed by atoms with E-state index in [-0.39, 0.29) is 23.6 Å². The summed E-state index contributed by atoms with van der Waals surface area (Å²) in [5.74, 6) is 2.30. The summed E-state index contributed by atoms with van der Waals surface area (Å²) in [6.07, 6.45) is 10.6. The molecule has 0 N–H and O–H groups in total. The molecule has 0 unspecified atom stereocenters. The van der Waals surface area contributed by atoms with Crippen molar-refractivity contribution >= 4 is 17.9 Å². The molecule has 0 aliphatic carbocycles. The van der Waals surface area contributed by atoms with Crippen molar-refractivity contribution in [2.24, 2.45) is 0 Å². The van der Waals surface area contributed by atoms with Crippen LogP contribution in [-0.4, -0.2) is 81.4 Å². The molecule has 0 aliphatic rings. The molecule has 4 aromatic carbocycles. The topological polar surface area (TPSA) is 223 Å². The van der Waals surface area contributed by atoms with Crippen LogP contribution in [0.15, 0.2) is 143 Å². The number of rotatable bonds is 30. The quantitative estimate of drug-likeness (QED) is 0.0134. The summed E-state index contributed by atoms with van der Waals surface area (Å²) in [7, 11) is 0. The zero-order valence-electron chi connectivity index (χ0n) is 39.7. The Bertz CT molecular complexity index is 2790. The van der Waals surface area contributed by atoms with E-state index in [1.807, 2.05) is 72.8 Å². The van der Waals surface area contributed by atoms with E-state index in [1.165, 1.54) is 0 Å².